The van der Waals surface area contributed by atoms with Gasteiger partial charge in [0, 0.05) is 19.8 Å². The molecule has 178 valence electrons. The molecule has 0 unspecified atom stereocenters. The average Bonchev–Trinajstić information content (AvgIpc) is 2.83. The molecule has 0 atom stereocenters. The number of nitrogens with zero attached hydrogens (tertiary/aromatic N) is 1. The molecule has 3 rings (SSSR count). The number of ether oxygens (including phenoxy) is 2. The van der Waals surface area contributed by atoms with Crippen LogP contribution >= 0.6 is 12.2 Å². The highest BCUT2D eigenvalue weighted by atomic mass is 32.2. The lowest BCUT2D eigenvalue weighted by atomic mass is 10.2. The Bertz CT molecular complexity index is 1230. The Kier molecular flexibility index (Phi) is 8.58. The lowest BCUT2D eigenvalue weighted by Gasteiger charge is -2.14. The highest BCUT2D eigenvalue weighted by Gasteiger charge is 2.17. The van der Waals surface area contributed by atoms with Crippen LogP contribution in [0, 0.1) is 0 Å². The zero-order chi connectivity index (χ0) is 24.6. The molecule has 8 nitrogen and oxygen atoms in total. The number of hydrogen-bond donors (Lipinski definition) is 2. The zero-order valence-corrected chi connectivity index (χ0v) is 20.4. The quantitative estimate of drug-likeness (QED) is 0.343. The Morgan fingerprint density at radius 2 is 1.50 bits per heavy atom. The van der Waals surface area contributed by atoms with E-state index in [2.05, 4.69) is 10.6 Å². The van der Waals surface area contributed by atoms with Crippen LogP contribution in [0.5, 0.6) is 11.5 Å². The molecule has 0 radical (unpaired) electrons. The van der Waals surface area contributed by atoms with Crippen molar-refractivity contribution in [3.05, 3.63) is 84.4 Å². The monoisotopic (exact) mass is 499 g/mol. The number of anilines is 1. The second-order valence-corrected chi connectivity index (χ2v) is 9.79. The first-order valence-electron chi connectivity index (χ1n) is 10.3. The van der Waals surface area contributed by atoms with E-state index >= 15 is 0 Å². The SMILES string of the molecule is CN(C)S(=O)(=O)c1ccc(NC(=S)NC(=O)c2ccccc2OCCOc2ccccc2)cc1. The fourth-order valence-electron chi connectivity index (χ4n) is 2.86. The summed E-state index contributed by atoms with van der Waals surface area (Å²) in [6, 6.07) is 22.2. The minimum Gasteiger partial charge on any atom is -0.490 e. The Hall–Kier alpha value is -3.47. The highest BCUT2D eigenvalue weighted by molar-refractivity contribution is 7.89. The molecule has 1 amide bonds. The lowest BCUT2D eigenvalue weighted by Crippen LogP contribution is -2.34. The fourth-order valence-corrected chi connectivity index (χ4v) is 3.97. The van der Waals surface area contributed by atoms with E-state index in [0.29, 0.717) is 23.6 Å². The molecule has 0 aromatic heterocycles. The number of carbonyl (C=O) groups is 1. The maximum atomic E-state index is 12.7. The molecular formula is C24H25N3O5S2. The summed E-state index contributed by atoms with van der Waals surface area (Å²) in [5.74, 6) is 0.697. The van der Waals surface area contributed by atoms with Gasteiger partial charge in [-0.1, -0.05) is 30.3 Å². The second-order valence-electron chi connectivity index (χ2n) is 7.23. The Balaban J connectivity index is 1.55. The smallest absolute Gasteiger partial charge is 0.261 e. The first-order chi connectivity index (χ1) is 16.3. The summed E-state index contributed by atoms with van der Waals surface area (Å²) in [6.07, 6.45) is 0. The third-order valence-electron chi connectivity index (χ3n) is 4.60. The minimum atomic E-state index is -3.53. The van der Waals surface area contributed by atoms with E-state index < -0.39 is 15.9 Å². The summed E-state index contributed by atoms with van der Waals surface area (Å²) in [7, 11) is -0.603. The number of rotatable bonds is 9. The molecule has 0 heterocycles. The lowest BCUT2D eigenvalue weighted by molar-refractivity contribution is 0.0972. The number of hydrogen-bond acceptors (Lipinski definition) is 6. The Morgan fingerprint density at radius 1 is 0.882 bits per heavy atom. The summed E-state index contributed by atoms with van der Waals surface area (Å²) in [6.45, 7) is 0.573. The minimum absolute atomic E-state index is 0.0652. The van der Waals surface area contributed by atoms with Crippen molar-refractivity contribution in [2.75, 3.05) is 32.6 Å². The first kappa shape index (κ1) is 25.2. The van der Waals surface area contributed by atoms with E-state index in [9.17, 15) is 13.2 Å². The van der Waals surface area contributed by atoms with Gasteiger partial charge in [0.25, 0.3) is 5.91 Å². The van der Waals surface area contributed by atoms with Crippen LogP contribution in [0.3, 0.4) is 0 Å². The van der Waals surface area contributed by atoms with Gasteiger partial charge in [0.2, 0.25) is 10.0 Å². The van der Waals surface area contributed by atoms with Crippen molar-refractivity contribution in [1.29, 1.82) is 0 Å². The van der Waals surface area contributed by atoms with Crippen molar-refractivity contribution >= 4 is 38.9 Å². The molecule has 0 aliphatic carbocycles. The van der Waals surface area contributed by atoms with Crippen molar-refractivity contribution < 1.29 is 22.7 Å². The maximum Gasteiger partial charge on any atom is 0.261 e. The van der Waals surface area contributed by atoms with Crippen molar-refractivity contribution in [3.63, 3.8) is 0 Å². The third-order valence-corrected chi connectivity index (χ3v) is 6.64. The van der Waals surface area contributed by atoms with Gasteiger partial charge >= 0.3 is 0 Å². The van der Waals surface area contributed by atoms with Gasteiger partial charge in [-0.2, -0.15) is 0 Å². The van der Waals surface area contributed by atoms with E-state index in [1.807, 2.05) is 30.3 Å². The topological polar surface area (TPSA) is 97.0 Å². The number of sulfonamides is 1. The van der Waals surface area contributed by atoms with E-state index in [4.69, 9.17) is 21.7 Å². The van der Waals surface area contributed by atoms with Crippen molar-refractivity contribution in [2.24, 2.45) is 0 Å². The number of carbonyl (C=O) groups excluding carboxylic acids is 1. The van der Waals surface area contributed by atoms with Crippen LogP contribution in [0.2, 0.25) is 0 Å². The summed E-state index contributed by atoms with van der Waals surface area (Å²) < 4.78 is 36.8. The number of benzene rings is 3. The molecule has 34 heavy (non-hydrogen) atoms. The van der Waals surface area contributed by atoms with E-state index in [-0.39, 0.29) is 16.6 Å². The van der Waals surface area contributed by atoms with Crippen LogP contribution < -0.4 is 20.1 Å². The van der Waals surface area contributed by atoms with Gasteiger partial charge < -0.3 is 14.8 Å². The van der Waals surface area contributed by atoms with Gasteiger partial charge in [-0.15, -0.1) is 0 Å². The van der Waals surface area contributed by atoms with Crippen molar-refractivity contribution in [3.8, 4) is 11.5 Å². The molecule has 3 aromatic carbocycles. The second kappa shape index (κ2) is 11.6. The molecule has 10 heteroatoms. The largest absolute Gasteiger partial charge is 0.490 e. The van der Waals surface area contributed by atoms with Gasteiger partial charge in [0.05, 0.1) is 10.5 Å². The van der Waals surface area contributed by atoms with Gasteiger partial charge in [-0.25, -0.2) is 12.7 Å². The summed E-state index contributed by atoms with van der Waals surface area (Å²) in [5.41, 5.74) is 0.851. The van der Waals surface area contributed by atoms with E-state index in [1.165, 1.54) is 26.2 Å². The molecule has 2 N–H and O–H groups in total. The number of amides is 1. The molecule has 0 saturated carbocycles. The molecule has 0 fully saturated rings. The average molecular weight is 500 g/mol. The van der Waals surface area contributed by atoms with Crippen molar-refractivity contribution in [2.45, 2.75) is 4.90 Å². The van der Waals surface area contributed by atoms with Crippen LogP contribution in [0.1, 0.15) is 10.4 Å². The van der Waals surface area contributed by atoms with Gasteiger partial charge in [-0.05, 0) is 60.7 Å². The van der Waals surface area contributed by atoms with Crippen LogP contribution in [0.4, 0.5) is 5.69 Å². The molecule has 0 saturated heterocycles. The van der Waals surface area contributed by atoms with Gasteiger partial charge in [0.15, 0.2) is 5.11 Å². The molecule has 0 spiro atoms. The number of nitrogens with one attached hydrogen (secondary N) is 2. The van der Waals surface area contributed by atoms with E-state index in [0.717, 1.165) is 10.1 Å². The maximum absolute atomic E-state index is 12.7. The number of para-hydroxylation sites is 2. The summed E-state index contributed by atoms with van der Waals surface area (Å²) >= 11 is 5.23. The molecular weight excluding hydrogens is 474 g/mol. The highest BCUT2D eigenvalue weighted by Crippen LogP contribution is 2.19. The van der Waals surface area contributed by atoms with Crippen LogP contribution in [0.15, 0.2) is 83.8 Å². The summed E-state index contributed by atoms with van der Waals surface area (Å²) in [4.78, 5) is 12.9. The first-order valence-corrected chi connectivity index (χ1v) is 12.2. The fraction of sp³-hybridized carbons (Fsp3) is 0.167. The van der Waals surface area contributed by atoms with Crippen LogP contribution in [-0.4, -0.2) is 51.1 Å². The zero-order valence-electron chi connectivity index (χ0n) is 18.7. The summed E-state index contributed by atoms with van der Waals surface area (Å²) in [5, 5.41) is 5.54. The molecule has 0 bridgehead atoms. The predicted molar refractivity (Wildman–Crippen MR) is 135 cm³/mol. The Labute approximate surface area is 204 Å². The molecule has 0 aliphatic rings. The van der Waals surface area contributed by atoms with Crippen LogP contribution in [0.25, 0.3) is 0 Å². The van der Waals surface area contributed by atoms with E-state index in [1.54, 1.807) is 36.4 Å². The molecule has 3 aromatic rings. The third kappa shape index (κ3) is 6.77. The van der Waals surface area contributed by atoms with Gasteiger partial charge in [-0.3, -0.25) is 10.1 Å². The molecule has 0 aliphatic heterocycles. The normalized spacial score (nSPS) is 11.0. The number of thiocarbonyl (C=S) groups is 1. The predicted octanol–water partition coefficient (Wildman–Crippen LogP) is 3.52. The van der Waals surface area contributed by atoms with Gasteiger partial charge in [0.1, 0.15) is 24.7 Å². The Morgan fingerprint density at radius 3 is 2.18 bits per heavy atom. The standard InChI is InChI=1S/C24H25N3O5S2/c1-27(2)34(29,30)20-14-12-18(13-15-20)25-24(33)26-23(28)21-10-6-7-11-22(21)32-17-16-31-19-8-4-3-5-9-19/h3-15H,16-17H2,1-2H3,(H2,25,26,28,33). The van der Waals surface area contributed by atoms with Crippen molar-refractivity contribution in [1.82, 2.24) is 9.62 Å². The van der Waals surface area contributed by atoms with Crippen LogP contribution in [-0.2, 0) is 10.0 Å².